The lowest BCUT2D eigenvalue weighted by molar-refractivity contribution is -0.171. The van der Waals surface area contributed by atoms with E-state index in [-0.39, 0.29) is 6.42 Å². The third kappa shape index (κ3) is 4.14. The average Bonchev–Trinajstić information content (AvgIpc) is 2.18. The fourth-order valence-electron chi connectivity index (χ4n) is 1.24. The van der Waals surface area contributed by atoms with E-state index in [1.165, 1.54) is 0 Å². The van der Waals surface area contributed by atoms with E-state index in [1.807, 2.05) is 30.3 Å². The Labute approximate surface area is 85.9 Å². The van der Waals surface area contributed by atoms with Crippen LogP contribution in [0.5, 0.6) is 0 Å². The molecule has 0 amide bonds. The summed E-state index contributed by atoms with van der Waals surface area (Å²) in [6.45, 7) is 0. The largest absolute Gasteiger partial charge is 0.449 e. The summed E-state index contributed by atoms with van der Waals surface area (Å²) >= 11 is 0. The Morgan fingerprint density at radius 2 is 1.73 bits per heavy atom. The van der Waals surface area contributed by atoms with Gasteiger partial charge < -0.3 is 0 Å². The van der Waals surface area contributed by atoms with Crippen LogP contribution < -0.4 is 0 Å². The van der Waals surface area contributed by atoms with Crippen molar-refractivity contribution < 1.29 is 18.0 Å². The molecule has 0 fully saturated rings. The van der Waals surface area contributed by atoms with Crippen molar-refractivity contribution in [1.29, 1.82) is 0 Å². The monoisotopic (exact) mass is 216 g/mol. The van der Waals surface area contributed by atoms with Crippen LogP contribution in [-0.4, -0.2) is 12.0 Å². The van der Waals surface area contributed by atoms with Crippen LogP contribution in [0.4, 0.5) is 13.2 Å². The van der Waals surface area contributed by atoms with Gasteiger partial charge in [-0.2, -0.15) is 13.2 Å². The van der Waals surface area contributed by atoms with Gasteiger partial charge in [-0.3, -0.25) is 4.79 Å². The number of hydrogen-bond donors (Lipinski definition) is 0. The third-order valence-electron chi connectivity index (χ3n) is 2.03. The van der Waals surface area contributed by atoms with Crippen LogP contribution in [0.2, 0.25) is 0 Å². The number of carbonyl (C=O) groups is 1. The van der Waals surface area contributed by atoms with Gasteiger partial charge in [0.2, 0.25) is 5.78 Å². The zero-order valence-electron chi connectivity index (χ0n) is 8.05. The molecule has 1 rings (SSSR count). The van der Waals surface area contributed by atoms with Crippen molar-refractivity contribution in [2.24, 2.45) is 0 Å². The molecule has 1 nitrogen and oxygen atoms in total. The smallest absolute Gasteiger partial charge is 0.290 e. The summed E-state index contributed by atoms with van der Waals surface area (Å²) in [5.74, 6) is -1.64. The maximum Gasteiger partial charge on any atom is 0.449 e. The first kappa shape index (κ1) is 11.8. The minimum Gasteiger partial charge on any atom is -0.290 e. The number of rotatable bonds is 4. The highest BCUT2D eigenvalue weighted by atomic mass is 19.4. The van der Waals surface area contributed by atoms with Crippen molar-refractivity contribution in [3.05, 3.63) is 35.9 Å². The third-order valence-corrected chi connectivity index (χ3v) is 2.03. The number of Topliss-reactive ketones (excluding diaryl/α,β-unsaturated/α-hetero) is 1. The molecule has 0 aromatic heterocycles. The van der Waals surface area contributed by atoms with Crippen LogP contribution >= 0.6 is 0 Å². The second kappa shape index (κ2) is 4.96. The van der Waals surface area contributed by atoms with Crippen LogP contribution in [0.3, 0.4) is 0 Å². The molecule has 0 aliphatic rings. The van der Waals surface area contributed by atoms with Crippen molar-refractivity contribution in [2.45, 2.75) is 25.4 Å². The molecule has 0 aliphatic heterocycles. The number of benzene rings is 1. The summed E-state index contributed by atoms with van der Waals surface area (Å²) in [6, 6.07) is 9.14. The van der Waals surface area contributed by atoms with Gasteiger partial charge in [0.25, 0.3) is 0 Å². The maximum absolute atomic E-state index is 11.8. The second-order valence-electron chi connectivity index (χ2n) is 3.26. The molecule has 1 aromatic carbocycles. The Bertz CT molecular complexity index is 316. The zero-order chi connectivity index (χ0) is 11.3. The van der Waals surface area contributed by atoms with E-state index in [1.54, 1.807) is 0 Å². The maximum atomic E-state index is 11.8. The van der Waals surface area contributed by atoms with Gasteiger partial charge in [-0.25, -0.2) is 0 Å². The first-order valence-corrected chi connectivity index (χ1v) is 4.64. The molecule has 4 heteroatoms. The minimum absolute atomic E-state index is 0.238. The summed E-state index contributed by atoms with van der Waals surface area (Å²) in [7, 11) is 0. The Kier molecular flexibility index (Phi) is 3.88. The Morgan fingerprint density at radius 1 is 1.13 bits per heavy atom. The minimum atomic E-state index is -4.68. The predicted octanol–water partition coefficient (Wildman–Crippen LogP) is 3.14. The molecule has 0 radical (unpaired) electrons. The molecule has 0 spiro atoms. The number of carbonyl (C=O) groups excluding carboxylic acids is 1. The summed E-state index contributed by atoms with van der Waals surface area (Å²) in [4.78, 5) is 10.5. The van der Waals surface area contributed by atoms with Crippen LogP contribution in [0, 0.1) is 0 Å². The fraction of sp³-hybridized carbons (Fsp3) is 0.364. The molecule has 15 heavy (non-hydrogen) atoms. The number of alkyl halides is 3. The van der Waals surface area contributed by atoms with Crippen molar-refractivity contribution in [3.63, 3.8) is 0 Å². The molecule has 0 atom stereocenters. The summed E-state index contributed by atoms with van der Waals surface area (Å²) < 4.78 is 35.5. The standard InChI is InChI=1S/C11H11F3O/c12-11(13,14)10(15)8-4-7-9-5-2-1-3-6-9/h1-3,5-6H,4,7-8H2. The van der Waals surface area contributed by atoms with Crippen LogP contribution in [-0.2, 0) is 11.2 Å². The molecule has 0 aliphatic carbocycles. The van der Waals surface area contributed by atoms with E-state index >= 15 is 0 Å². The topological polar surface area (TPSA) is 17.1 Å². The number of ketones is 1. The predicted molar refractivity (Wildman–Crippen MR) is 50.4 cm³/mol. The van der Waals surface area contributed by atoms with Gasteiger partial charge >= 0.3 is 6.18 Å². The van der Waals surface area contributed by atoms with Crippen molar-refractivity contribution in [1.82, 2.24) is 0 Å². The molecule has 0 saturated carbocycles. The van der Waals surface area contributed by atoms with E-state index < -0.39 is 18.4 Å². The summed E-state index contributed by atoms with van der Waals surface area (Å²) in [6.07, 6.45) is -4.37. The highest BCUT2D eigenvalue weighted by molar-refractivity contribution is 5.83. The van der Waals surface area contributed by atoms with Gasteiger partial charge in [-0.15, -0.1) is 0 Å². The summed E-state index contributed by atoms with van der Waals surface area (Å²) in [5, 5.41) is 0. The molecule has 1 aromatic rings. The van der Waals surface area contributed by atoms with Gasteiger partial charge in [0.1, 0.15) is 0 Å². The van der Waals surface area contributed by atoms with Crippen LogP contribution in [0.15, 0.2) is 30.3 Å². The lowest BCUT2D eigenvalue weighted by Crippen LogP contribution is -2.22. The lowest BCUT2D eigenvalue weighted by Gasteiger charge is -2.04. The number of aryl methyl sites for hydroxylation is 1. The number of hydrogen-bond acceptors (Lipinski definition) is 1. The molecule has 82 valence electrons. The van der Waals surface area contributed by atoms with E-state index in [9.17, 15) is 18.0 Å². The molecular formula is C11H11F3O. The van der Waals surface area contributed by atoms with Gasteiger partial charge in [0, 0.05) is 6.42 Å². The second-order valence-corrected chi connectivity index (χ2v) is 3.26. The highest BCUT2D eigenvalue weighted by Gasteiger charge is 2.36. The number of halogens is 3. The van der Waals surface area contributed by atoms with Gasteiger partial charge in [0.15, 0.2) is 0 Å². The van der Waals surface area contributed by atoms with Crippen LogP contribution in [0.25, 0.3) is 0 Å². The SMILES string of the molecule is O=C(CCCc1ccccc1)C(F)(F)F. The first-order chi connectivity index (χ1) is 7.00. The summed E-state index contributed by atoms with van der Waals surface area (Å²) in [5.41, 5.74) is 0.951. The highest BCUT2D eigenvalue weighted by Crippen LogP contribution is 2.19. The van der Waals surface area contributed by atoms with E-state index in [2.05, 4.69) is 0 Å². The van der Waals surface area contributed by atoms with Gasteiger partial charge in [-0.05, 0) is 18.4 Å². The van der Waals surface area contributed by atoms with E-state index in [0.717, 1.165) is 5.56 Å². The zero-order valence-corrected chi connectivity index (χ0v) is 8.05. The molecule has 0 heterocycles. The molecule has 0 saturated heterocycles. The van der Waals surface area contributed by atoms with E-state index in [0.29, 0.717) is 6.42 Å². The van der Waals surface area contributed by atoms with Crippen LogP contribution in [0.1, 0.15) is 18.4 Å². The van der Waals surface area contributed by atoms with E-state index in [4.69, 9.17) is 0 Å². The average molecular weight is 216 g/mol. The van der Waals surface area contributed by atoms with Crippen molar-refractivity contribution in [3.8, 4) is 0 Å². The molecule has 0 bridgehead atoms. The quantitative estimate of drug-likeness (QED) is 0.755. The molecule has 0 N–H and O–H groups in total. The van der Waals surface area contributed by atoms with Crippen molar-refractivity contribution >= 4 is 5.78 Å². The lowest BCUT2D eigenvalue weighted by atomic mass is 10.1. The Morgan fingerprint density at radius 3 is 2.27 bits per heavy atom. The first-order valence-electron chi connectivity index (χ1n) is 4.64. The Balaban J connectivity index is 2.32. The molecule has 0 unspecified atom stereocenters. The molecular weight excluding hydrogens is 205 g/mol. The fourth-order valence-corrected chi connectivity index (χ4v) is 1.24. The van der Waals surface area contributed by atoms with Crippen molar-refractivity contribution in [2.75, 3.05) is 0 Å². The van der Waals surface area contributed by atoms with Gasteiger partial charge in [0.05, 0.1) is 0 Å². The normalized spacial score (nSPS) is 11.4. The van der Waals surface area contributed by atoms with Gasteiger partial charge in [-0.1, -0.05) is 30.3 Å². The Hall–Kier alpha value is -1.32.